The minimum Gasteiger partial charge on any atom is -0.495 e. The summed E-state index contributed by atoms with van der Waals surface area (Å²) in [5.41, 5.74) is 0.697. The third-order valence-electron chi connectivity index (χ3n) is 2.64. The van der Waals surface area contributed by atoms with Crippen LogP contribution in [0, 0.1) is 5.92 Å². The lowest BCUT2D eigenvalue weighted by molar-refractivity contribution is 0.0976. The van der Waals surface area contributed by atoms with Gasteiger partial charge in [0.1, 0.15) is 5.75 Å². The first-order valence-corrected chi connectivity index (χ1v) is 5.45. The van der Waals surface area contributed by atoms with E-state index >= 15 is 0 Å². The molecule has 0 radical (unpaired) electrons. The molecule has 0 aliphatic heterocycles. The zero-order valence-corrected chi connectivity index (χ0v) is 9.38. The van der Waals surface area contributed by atoms with Crippen LogP contribution in [0.4, 0.5) is 0 Å². The second-order valence-corrected chi connectivity index (χ2v) is 4.33. The molecule has 1 aliphatic carbocycles. The molecule has 0 aromatic heterocycles. The zero-order valence-electron chi connectivity index (χ0n) is 8.63. The normalized spacial score (nSPS) is 15.1. The van der Waals surface area contributed by atoms with Crippen molar-refractivity contribution in [2.24, 2.45) is 5.92 Å². The Labute approximate surface area is 94.2 Å². The van der Waals surface area contributed by atoms with Crippen molar-refractivity contribution in [3.8, 4) is 5.75 Å². The van der Waals surface area contributed by atoms with E-state index in [1.54, 1.807) is 25.3 Å². The molecule has 0 atom stereocenters. The summed E-state index contributed by atoms with van der Waals surface area (Å²) in [5, 5.41) is 0.542. The van der Waals surface area contributed by atoms with Crippen LogP contribution >= 0.6 is 11.6 Å². The van der Waals surface area contributed by atoms with E-state index < -0.39 is 0 Å². The Morgan fingerprint density at radius 3 is 2.87 bits per heavy atom. The monoisotopic (exact) mass is 224 g/mol. The number of hydrogen-bond acceptors (Lipinski definition) is 2. The molecule has 0 spiro atoms. The number of ether oxygens (including phenoxy) is 1. The highest BCUT2D eigenvalue weighted by molar-refractivity contribution is 6.32. The lowest BCUT2D eigenvalue weighted by Gasteiger charge is -2.05. The van der Waals surface area contributed by atoms with Crippen LogP contribution in [0.5, 0.6) is 5.75 Å². The van der Waals surface area contributed by atoms with Crippen molar-refractivity contribution >= 4 is 17.4 Å². The first kappa shape index (κ1) is 10.5. The summed E-state index contributed by atoms with van der Waals surface area (Å²) in [5.74, 6) is 1.37. The van der Waals surface area contributed by atoms with Crippen molar-refractivity contribution in [2.75, 3.05) is 7.11 Å². The van der Waals surface area contributed by atoms with Crippen LogP contribution in [-0.2, 0) is 0 Å². The zero-order chi connectivity index (χ0) is 10.8. The molecule has 0 saturated heterocycles. The number of ketones is 1. The van der Waals surface area contributed by atoms with E-state index in [0.29, 0.717) is 28.7 Å². The summed E-state index contributed by atoms with van der Waals surface area (Å²) in [7, 11) is 1.55. The Bertz CT molecular complexity index is 383. The molecule has 1 aliphatic rings. The molecule has 0 unspecified atom stereocenters. The molecular weight excluding hydrogens is 212 g/mol. The second kappa shape index (κ2) is 4.23. The van der Waals surface area contributed by atoms with Gasteiger partial charge in [0.15, 0.2) is 5.78 Å². The molecule has 3 heteroatoms. The second-order valence-electron chi connectivity index (χ2n) is 3.92. The van der Waals surface area contributed by atoms with Crippen molar-refractivity contribution in [1.29, 1.82) is 0 Å². The highest BCUT2D eigenvalue weighted by Crippen LogP contribution is 2.34. The number of benzene rings is 1. The van der Waals surface area contributed by atoms with E-state index in [-0.39, 0.29) is 5.78 Å². The Balaban J connectivity index is 2.16. The van der Waals surface area contributed by atoms with E-state index in [1.165, 1.54) is 12.8 Å². The van der Waals surface area contributed by atoms with Gasteiger partial charge in [-0.15, -0.1) is 0 Å². The molecule has 1 saturated carbocycles. The fourth-order valence-electron chi connectivity index (χ4n) is 1.54. The molecule has 0 bridgehead atoms. The van der Waals surface area contributed by atoms with Crippen LogP contribution in [0.25, 0.3) is 0 Å². The van der Waals surface area contributed by atoms with Crippen molar-refractivity contribution in [1.82, 2.24) is 0 Å². The molecule has 0 amide bonds. The number of carbonyl (C=O) groups excluding carboxylic acids is 1. The molecule has 2 rings (SSSR count). The first-order valence-electron chi connectivity index (χ1n) is 5.07. The molecule has 15 heavy (non-hydrogen) atoms. The average molecular weight is 225 g/mol. The van der Waals surface area contributed by atoms with Crippen molar-refractivity contribution in [2.45, 2.75) is 19.3 Å². The summed E-state index contributed by atoms with van der Waals surface area (Å²) in [4.78, 5) is 11.8. The van der Waals surface area contributed by atoms with Gasteiger partial charge >= 0.3 is 0 Å². The Hall–Kier alpha value is -1.02. The maximum absolute atomic E-state index is 11.8. The summed E-state index contributed by atoms with van der Waals surface area (Å²) in [6.07, 6.45) is 3.04. The van der Waals surface area contributed by atoms with Gasteiger partial charge < -0.3 is 4.74 Å². The molecule has 0 heterocycles. The van der Waals surface area contributed by atoms with E-state index in [1.807, 2.05) is 0 Å². The number of Topliss-reactive ketones (excluding diaryl/α,β-unsaturated/α-hetero) is 1. The minimum absolute atomic E-state index is 0.187. The lowest BCUT2D eigenvalue weighted by Crippen LogP contribution is -2.00. The summed E-state index contributed by atoms with van der Waals surface area (Å²) < 4.78 is 5.07. The fourth-order valence-corrected chi connectivity index (χ4v) is 1.73. The van der Waals surface area contributed by atoms with E-state index in [2.05, 4.69) is 0 Å². The number of carbonyl (C=O) groups is 1. The van der Waals surface area contributed by atoms with Gasteiger partial charge in [-0.05, 0) is 37.0 Å². The average Bonchev–Trinajstić information content (AvgIpc) is 3.02. The Morgan fingerprint density at radius 2 is 2.27 bits per heavy atom. The fraction of sp³-hybridized carbons (Fsp3) is 0.417. The molecule has 1 aromatic rings. The van der Waals surface area contributed by atoms with Gasteiger partial charge in [-0.1, -0.05) is 11.6 Å². The molecule has 1 fully saturated rings. The van der Waals surface area contributed by atoms with Gasteiger partial charge in [0.2, 0.25) is 0 Å². The summed E-state index contributed by atoms with van der Waals surface area (Å²) in [6.45, 7) is 0. The van der Waals surface area contributed by atoms with Gasteiger partial charge in [-0.3, -0.25) is 4.79 Å². The van der Waals surface area contributed by atoms with Crippen LogP contribution in [-0.4, -0.2) is 12.9 Å². The predicted octanol–water partition coefficient (Wildman–Crippen LogP) is 3.33. The van der Waals surface area contributed by atoms with Crippen LogP contribution < -0.4 is 4.74 Å². The maximum atomic E-state index is 11.8. The summed E-state index contributed by atoms with van der Waals surface area (Å²) >= 11 is 5.88. The largest absolute Gasteiger partial charge is 0.495 e. The molecule has 0 N–H and O–H groups in total. The highest BCUT2D eigenvalue weighted by Gasteiger charge is 2.25. The van der Waals surface area contributed by atoms with Gasteiger partial charge in [-0.2, -0.15) is 0 Å². The van der Waals surface area contributed by atoms with Crippen molar-refractivity contribution in [3.05, 3.63) is 28.8 Å². The molecule has 80 valence electrons. The minimum atomic E-state index is 0.187. The number of halogens is 1. The van der Waals surface area contributed by atoms with Crippen molar-refractivity contribution < 1.29 is 9.53 Å². The van der Waals surface area contributed by atoms with Gasteiger partial charge in [-0.25, -0.2) is 0 Å². The maximum Gasteiger partial charge on any atom is 0.163 e. The topological polar surface area (TPSA) is 26.3 Å². The number of rotatable bonds is 4. The van der Waals surface area contributed by atoms with E-state index in [9.17, 15) is 4.79 Å². The van der Waals surface area contributed by atoms with Crippen molar-refractivity contribution in [3.63, 3.8) is 0 Å². The third kappa shape index (κ3) is 2.51. The van der Waals surface area contributed by atoms with Gasteiger partial charge in [0.05, 0.1) is 12.1 Å². The smallest absolute Gasteiger partial charge is 0.163 e. The quantitative estimate of drug-likeness (QED) is 0.734. The number of methoxy groups -OCH3 is 1. The van der Waals surface area contributed by atoms with Crippen LogP contribution in [0.2, 0.25) is 5.02 Å². The SMILES string of the molecule is COc1cc(C(=O)CC2CC2)ccc1Cl. The number of hydrogen-bond donors (Lipinski definition) is 0. The highest BCUT2D eigenvalue weighted by atomic mass is 35.5. The molecule has 1 aromatic carbocycles. The van der Waals surface area contributed by atoms with Gasteiger partial charge in [0, 0.05) is 12.0 Å². The third-order valence-corrected chi connectivity index (χ3v) is 2.96. The lowest BCUT2D eigenvalue weighted by atomic mass is 10.1. The Kier molecular flexibility index (Phi) is 2.96. The van der Waals surface area contributed by atoms with Crippen LogP contribution in [0.3, 0.4) is 0 Å². The first-order chi connectivity index (χ1) is 7.20. The summed E-state index contributed by atoms with van der Waals surface area (Å²) in [6, 6.07) is 5.18. The molecular formula is C12H13ClO2. The van der Waals surface area contributed by atoms with Crippen LogP contribution in [0.1, 0.15) is 29.6 Å². The van der Waals surface area contributed by atoms with E-state index in [4.69, 9.17) is 16.3 Å². The standard InChI is InChI=1S/C12H13ClO2/c1-15-12-7-9(4-5-10(12)13)11(14)6-8-2-3-8/h4-5,7-8H,2-3,6H2,1H3. The Morgan fingerprint density at radius 1 is 1.53 bits per heavy atom. The van der Waals surface area contributed by atoms with Gasteiger partial charge in [0.25, 0.3) is 0 Å². The van der Waals surface area contributed by atoms with Crippen LogP contribution in [0.15, 0.2) is 18.2 Å². The predicted molar refractivity (Wildman–Crippen MR) is 59.7 cm³/mol. The molecule has 2 nitrogen and oxygen atoms in total. The van der Waals surface area contributed by atoms with E-state index in [0.717, 1.165) is 0 Å².